The number of aromatic carboxylic acids is 1. The zero-order valence-electron chi connectivity index (χ0n) is 9.06. The Morgan fingerprint density at radius 2 is 2.22 bits per heavy atom. The van der Waals surface area contributed by atoms with Crippen molar-refractivity contribution in [3.63, 3.8) is 0 Å². The van der Waals surface area contributed by atoms with Gasteiger partial charge in [0.05, 0.1) is 10.7 Å². The Morgan fingerprint density at radius 1 is 1.50 bits per heavy atom. The van der Waals surface area contributed by atoms with E-state index in [0.717, 1.165) is 11.5 Å². The van der Waals surface area contributed by atoms with E-state index >= 15 is 0 Å². The monoisotopic (exact) mass is 302 g/mol. The number of hydrogen-bond donors (Lipinski definition) is 2. The molecule has 18 heavy (non-hydrogen) atoms. The minimum Gasteiger partial charge on any atom is -0.478 e. The molecule has 0 aliphatic heterocycles. The molecule has 0 aliphatic rings. The quantitative estimate of drug-likeness (QED) is 0.913. The summed E-state index contributed by atoms with van der Waals surface area (Å²) in [6.07, 6.45) is 0. The summed E-state index contributed by atoms with van der Waals surface area (Å²) in [5, 5.41) is 13.8. The molecule has 0 spiro atoms. The van der Waals surface area contributed by atoms with E-state index in [0.29, 0.717) is 15.6 Å². The third-order valence-corrected chi connectivity index (χ3v) is 4.32. The van der Waals surface area contributed by atoms with Gasteiger partial charge >= 0.3 is 5.97 Å². The van der Waals surface area contributed by atoms with Crippen LogP contribution in [0.15, 0.2) is 11.4 Å². The maximum Gasteiger partial charge on any atom is 0.340 e. The molecule has 0 atom stereocenters. The van der Waals surface area contributed by atoms with Crippen molar-refractivity contribution in [1.82, 2.24) is 4.37 Å². The molecule has 0 saturated heterocycles. The van der Waals surface area contributed by atoms with E-state index in [1.165, 1.54) is 11.3 Å². The second-order valence-corrected chi connectivity index (χ2v) is 5.43. The molecule has 2 heterocycles. The molecule has 0 saturated carbocycles. The van der Waals surface area contributed by atoms with E-state index in [1.54, 1.807) is 18.4 Å². The van der Waals surface area contributed by atoms with Gasteiger partial charge in [-0.1, -0.05) is 11.6 Å². The first-order chi connectivity index (χ1) is 8.50. The summed E-state index contributed by atoms with van der Waals surface area (Å²) in [7, 11) is 0. The highest BCUT2D eigenvalue weighted by atomic mass is 35.5. The van der Waals surface area contributed by atoms with Gasteiger partial charge in [-0.25, -0.2) is 4.79 Å². The molecule has 2 aromatic rings. The molecule has 0 fully saturated rings. The van der Waals surface area contributed by atoms with E-state index in [1.807, 2.05) is 0 Å². The number of aromatic nitrogens is 1. The van der Waals surface area contributed by atoms with Crippen LogP contribution in [-0.2, 0) is 0 Å². The van der Waals surface area contributed by atoms with Gasteiger partial charge in [-0.15, -0.1) is 11.3 Å². The lowest BCUT2D eigenvalue weighted by molar-refractivity contribution is 0.0697. The third kappa shape index (κ3) is 2.38. The molecule has 2 N–H and O–H groups in total. The predicted octanol–water partition coefficient (Wildman–Crippen LogP) is 3.12. The summed E-state index contributed by atoms with van der Waals surface area (Å²) in [5.74, 6) is -1.55. The number of anilines is 1. The van der Waals surface area contributed by atoms with Gasteiger partial charge in [-0.3, -0.25) is 4.79 Å². The summed E-state index contributed by atoms with van der Waals surface area (Å²) in [6.45, 7) is 1.58. The Hall–Kier alpha value is -1.44. The summed E-state index contributed by atoms with van der Waals surface area (Å²) >= 11 is 7.95. The van der Waals surface area contributed by atoms with E-state index in [4.69, 9.17) is 16.7 Å². The average Bonchev–Trinajstić information content (AvgIpc) is 2.85. The van der Waals surface area contributed by atoms with Crippen molar-refractivity contribution in [3.8, 4) is 0 Å². The highest BCUT2D eigenvalue weighted by Crippen LogP contribution is 2.27. The molecule has 0 radical (unpaired) electrons. The molecule has 2 aromatic heterocycles. The standard InChI is InChI=1S/C10H7ClN2O3S2/c1-4-6(10(15)16)9(18-13-4)12-8(14)7-5(11)2-3-17-7/h2-3H,1H3,(H,12,14)(H,15,16). The largest absolute Gasteiger partial charge is 0.478 e. The van der Waals surface area contributed by atoms with Crippen molar-refractivity contribution in [1.29, 1.82) is 0 Å². The van der Waals surface area contributed by atoms with Crippen molar-refractivity contribution in [2.45, 2.75) is 6.92 Å². The number of halogens is 1. The fraction of sp³-hybridized carbons (Fsp3) is 0.100. The van der Waals surface area contributed by atoms with Crippen LogP contribution >= 0.6 is 34.5 Å². The SMILES string of the molecule is Cc1nsc(NC(=O)c2sccc2Cl)c1C(=O)O. The Labute approximate surface area is 115 Å². The van der Waals surface area contributed by atoms with Gasteiger partial charge in [0.2, 0.25) is 0 Å². The van der Waals surface area contributed by atoms with Crippen molar-refractivity contribution >= 4 is 51.3 Å². The van der Waals surface area contributed by atoms with Crippen LogP contribution in [0, 0.1) is 6.92 Å². The van der Waals surface area contributed by atoms with Gasteiger partial charge in [0.1, 0.15) is 15.4 Å². The van der Waals surface area contributed by atoms with Crippen LogP contribution in [0.2, 0.25) is 5.02 Å². The molecule has 5 nitrogen and oxygen atoms in total. The van der Waals surface area contributed by atoms with Gasteiger partial charge in [0.15, 0.2) is 0 Å². The number of nitrogens with zero attached hydrogens (tertiary/aromatic N) is 1. The van der Waals surface area contributed by atoms with Gasteiger partial charge in [-0.05, 0) is 29.9 Å². The van der Waals surface area contributed by atoms with Crippen LogP contribution in [-0.4, -0.2) is 21.4 Å². The first-order valence-corrected chi connectivity index (χ1v) is 6.77. The van der Waals surface area contributed by atoms with Crippen LogP contribution in [0.4, 0.5) is 5.00 Å². The summed E-state index contributed by atoms with van der Waals surface area (Å²) in [4.78, 5) is 23.3. The number of carboxylic acids is 1. The highest BCUT2D eigenvalue weighted by molar-refractivity contribution is 7.13. The molecular formula is C10H7ClN2O3S2. The zero-order valence-corrected chi connectivity index (χ0v) is 11.4. The number of nitrogens with one attached hydrogen (secondary N) is 1. The number of carbonyl (C=O) groups is 2. The van der Waals surface area contributed by atoms with Crippen molar-refractivity contribution < 1.29 is 14.7 Å². The van der Waals surface area contributed by atoms with Crippen LogP contribution in [0.25, 0.3) is 0 Å². The molecule has 0 aromatic carbocycles. The molecule has 0 unspecified atom stereocenters. The average molecular weight is 303 g/mol. The smallest absolute Gasteiger partial charge is 0.340 e. The predicted molar refractivity (Wildman–Crippen MR) is 71.1 cm³/mol. The van der Waals surface area contributed by atoms with E-state index < -0.39 is 11.9 Å². The third-order valence-electron chi connectivity index (χ3n) is 2.13. The molecule has 1 amide bonds. The molecule has 8 heteroatoms. The molecule has 2 rings (SSSR count). The second-order valence-electron chi connectivity index (χ2n) is 3.33. The number of carboxylic acid groups (broad SMARTS) is 1. The van der Waals surface area contributed by atoms with Gasteiger partial charge in [0.25, 0.3) is 5.91 Å². The first kappa shape index (κ1) is 13.0. The Bertz CT molecular complexity index is 620. The van der Waals surface area contributed by atoms with E-state index in [2.05, 4.69) is 9.69 Å². The van der Waals surface area contributed by atoms with E-state index in [9.17, 15) is 9.59 Å². The highest BCUT2D eigenvalue weighted by Gasteiger charge is 2.21. The zero-order chi connectivity index (χ0) is 13.3. The second kappa shape index (κ2) is 5.05. The van der Waals surface area contributed by atoms with Crippen molar-refractivity contribution in [3.05, 3.63) is 32.6 Å². The molecule has 0 bridgehead atoms. The van der Waals surface area contributed by atoms with Crippen LogP contribution in [0.3, 0.4) is 0 Å². The number of carbonyl (C=O) groups excluding carboxylic acids is 1. The first-order valence-electron chi connectivity index (χ1n) is 4.74. The number of amides is 1. The summed E-state index contributed by atoms with van der Waals surface area (Å²) < 4.78 is 3.91. The Kier molecular flexibility index (Phi) is 3.65. The number of thiophene rings is 1. The molecular weight excluding hydrogens is 296 g/mol. The van der Waals surface area contributed by atoms with Gasteiger partial charge in [-0.2, -0.15) is 4.37 Å². The Balaban J connectivity index is 2.28. The van der Waals surface area contributed by atoms with Crippen molar-refractivity contribution in [2.75, 3.05) is 5.32 Å². The maximum atomic E-state index is 11.9. The fourth-order valence-corrected chi connectivity index (χ4v) is 3.14. The van der Waals surface area contributed by atoms with Gasteiger partial charge < -0.3 is 10.4 Å². The number of hydrogen-bond acceptors (Lipinski definition) is 5. The molecule has 0 aliphatic carbocycles. The minimum absolute atomic E-state index is 0.0148. The Morgan fingerprint density at radius 3 is 2.78 bits per heavy atom. The lowest BCUT2D eigenvalue weighted by Gasteiger charge is -2.02. The minimum atomic E-state index is -1.12. The van der Waals surface area contributed by atoms with Crippen molar-refractivity contribution in [2.24, 2.45) is 0 Å². The molecule has 94 valence electrons. The van der Waals surface area contributed by atoms with Gasteiger partial charge in [0, 0.05) is 0 Å². The van der Waals surface area contributed by atoms with Crippen LogP contribution in [0.5, 0.6) is 0 Å². The van der Waals surface area contributed by atoms with Crippen LogP contribution in [0.1, 0.15) is 25.7 Å². The summed E-state index contributed by atoms with van der Waals surface area (Å²) in [6, 6.07) is 1.61. The lowest BCUT2D eigenvalue weighted by Crippen LogP contribution is -2.12. The fourth-order valence-electron chi connectivity index (χ4n) is 1.32. The topological polar surface area (TPSA) is 79.3 Å². The normalized spacial score (nSPS) is 10.3. The number of aryl methyl sites for hydroxylation is 1. The summed E-state index contributed by atoms with van der Waals surface area (Å²) in [5.41, 5.74) is 0.390. The van der Waals surface area contributed by atoms with Crippen LogP contribution < -0.4 is 5.32 Å². The lowest BCUT2D eigenvalue weighted by atomic mass is 10.2. The van der Waals surface area contributed by atoms with E-state index in [-0.39, 0.29) is 10.6 Å². The maximum absolute atomic E-state index is 11.9. The number of rotatable bonds is 3.